The molecule has 1 aliphatic heterocycles. The van der Waals surface area contributed by atoms with Gasteiger partial charge in [0.2, 0.25) is 5.91 Å². The summed E-state index contributed by atoms with van der Waals surface area (Å²) in [4.78, 5) is 39.3. The molecule has 0 radical (unpaired) electrons. The van der Waals surface area contributed by atoms with Crippen molar-refractivity contribution in [3.8, 4) is 11.1 Å². The molecule has 6 heteroatoms. The molecular weight excluding hydrogens is 414 g/mol. The van der Waals surface area contributed by atoms with E-state index in [9.17, 15) is 14.4 Å². The van der Waals surface area contributed by atoms with Crippen LogP contribution < -0.4 is 11.1 Å². The minimum Gasteiger partial charge on any atom is -0.369 e. The molecule has 3 aromatic rings. The minimum atomic E-state index is -0.249. The summed E-state index contributed by atoms with van der Waals surface area (Å²) in [6, 6.07) is 20.6. The molecule has 3 N–H and O–H groups in total. The highest BCUT2D eigenvalue weighted by atomic mass is 16.2. The van der Waals surface area contributed by atoms with Crippen LogP contribution in [-0.4, -0.2) is 35.6 Å². The predicted octanol–water partition coefficient (Wildman–Crippen LogP) is 3.85. The Kier molecular flexibility index (Phi) is 5.52. The number of carbonyl (C=O) groups excluding carboxylic acids is 3. The Labute approximate surface area is 192 Å². The van der Waals surface area contributed by atoms with E-state index in [0.29, 0.717) is 22.4 Å². The lowest BCUT2D eigenvalue weighted by atomic mass is 9.96. The van der Waals surface area contributed by atoms with E-state index in [4.69, 9.17) is 5.73 Å². The van der Waals surface area contributed by atoms with E-state index in [2.05, 4.69) is 10.2 Å². The summed E-state index contributed by atoms with van der Waals surface area (Å²) in [5, 5.41) is 2.96. The number of rotatable bonds is 5. The fourth-order valence-electron chi connectivity index (χ4n) is 4.75. The molecular formula is C27H25N3O3. The first-order chi connectivity index (χ1) is 16.0. The summed E-state index contributed by atoms with van der Waals surface area (Å²) in [6.45, 7) is 2.41. The number of amides is 2. The lowest BCUT2D eigenvalue weighted by Gasteiger charge is -2.30. The normalized spacial score (nSPS) is 15.7. The number of hydrogen-bond acceptors (Lipinski definition) is 4. The monoisotopic (exact) mass is 439 g/mol. The van der Waals surface area contributed by atoms with Crippen LogP contribution >= 0.6 is 0 Å². The topological polar surface area (TPSA) is 92.5 Å². The van der Waals surface area contributed by atoms with Crippen LogP contribution in [0.5, 0.6) is 0 Å². The molecule has 5 rings (SSSR count). The van der Waals surface area contributed by atoms with Gasteiger partial charge in [-0.3, -0.25) is 19.3 Å². The van der Waals surface area contributed by atoms with Crippen molar-refractivity contribution < 1.29 is 14.4 Å². The number of primary amides is 1. The Morgan fingerprint density at radius 2 is 1.61 bits per heavy atom. The van der Waals surface area contributed by atoms with Gasteiger partial charge in [-0.25, -0.2) is 0 Å². The van der Waals surface area contributed by atoms with Gasteiger partial charge in [0.05, 0.1) is 0 Å². The largest absolute Gasteiger partial charge is 0.369 e. The first kappa shape index (κ1) is 21.1. The maximum absolute atomic E-state index is 12.9. The van der Waals surface area contributed by atoms with Crippen molar-refractivity contribution in [3.05, 3.63) is 89.0 Å². The highest BCUT2D eigenvalue weighted by Crippen LogP contribution is 2.36. The highest BCUT2D eigenvalue weighted by Gasteiger charge is 2.27. The Hall–Kier alpha value is -3.77. The van der Waals surface area contributed by atoms with Crippen molar-refractivity contribution in [3.63, 3.8) is 0 Å². The Morgan fingerprint density at radius 1 is 0.879 bits per heavy atom. The SMILES string of the molecule is NC(=O)C1CCN(Cc2cccc(NC(=O)c3ccc4c(c3)C(=O)c3ccccc3-4)c2)CC1. The standard InChI is InChI=1S/C27H25N3O3/c28-26(32)18-10-12-30(13-11-18)16-17-4-3-5-20(14-17)29-27(33)19-8-9-22-21-6-1-2-7-23(21)25(31)24(22)15-19/h1-9,14-15,18H,10-13,16H2,(H2,28,32)(H,29,33). The molecule has 0 atom stereocenters. The number of fused-ring (bicyclic) bond motifs is 3. The van der Waals surface area contributed by atoms with Crippen molar-refractivity contribution in [2.45, 2.75) is 19.4 Å². The van der Waals surface area contributed by atoms with Gasteiger partial charge in [0.15, 0.2) is 5.78 Å². The molecule has 3 aromatic carbocycles. The van der Waals surface area contributed by atoms with E-state index in [0.717, 1.165) is 49.2 Å². The zero-order chi connectivity index (χ0) is 22.9. The maximum Gasteiger partial charge on any atom is 0.255 e. The summed E-state index contributed by atoms with van der Waals surface area (Å²) in [5.74, 6) is -0.534. The van der Waals surface area contributed by atoms with E-state index in [-0.39, 0.29) is 23.5 Å². The van der Waals surface area contributed by atoms with Crippen molar-refractivity contribution >= 4 is 23.3 Å². The predicted molar refractivity (Wildman–Crippen MR) is 127 cm³/mol. The molecule has 33 heavy (non-hydrogen) atoms. The molecule has 1 aliphatic carbocycles. The minimum absolute atomic E-state index is 0.0288. The number of benzene rings is 3. The number of nitrogens with one attached hydrogen (secondary N) is 1. The van der Waals surface area contributed by atoms with Gasteiger partial charge in [-0.05, 0) is 66.9 Å². The van der Waals surface area contributed by atoms with Crippen molar-refractivity contribution in [2.75, 3.05) is 18.4 Å². The first-order valence-corrected chi connectivity index (χ1v) is 11.2. The highest BCUT2D eigenvalue weighted by molar-refractivity contribution is 6.22. The van der Waals surface area contributed by atoms with E-state index in [1.807, 2.05) is 54.6 Å². The van der Waals surface area contributed by atoms with Crippen LogP contribution in [0.25, 0.3) is 11.1 Å². The van der Waals surface area contributed by atoms with Gasteiger partial charge in [0, 0.05) is 34.8 Å². The van der Waals surface area contributed by atoms with Crippen molar-refractivity contribution in [2.24, 2.45) is 11.7 Å². The second-order valence-corrected chi connectivity index (χ2v) is 8.74. The zero-order valence-corrected chi connectivity index (χ0v) is 18.2. The average molecular weight is 440 g/mol. The maximum atomic E-state index is 12.9. The third-order valence-electron chi connectivity index (χ3n) is 6.57. The van der Waals surface area contributed by atoms with Crippen LogP contribution in [0, 0.1) is 5.92 Å². The van der Waals surface area contributed by atoms with Gasteiger partial charge in [0.25, 0.3) is 5.91 Å². The summed E-state index contributed by atoms with van der Waals surface area (Å²) in [7, 11) is 0. The Morgan fingerprint density at radius 3 is 2.36 bits per heavy atom. The fourth-order valence-corrected chi connectivity index (χ4v) is 4.75. The first-order valence-electron chi connectivity index (χ1n) is 11.2. The molecule has 6 nitrogen and oxygen atoms in total. The fraction of sp³-hybridized carbons (Fsp3) is 0.222. The number of carbonyl (C=O) groups is 3. The molecule has 2 aliphatic rings. The third-order valence-corrected chi connectivity index (χ3v) is 6.57. The second kappa shape index (κ2) is 8.64. The van der Waals surface area contributed by atoms with Gasteiger partial charge in [-0.1, -0.05) is 42.5 Å². The lowest BCUT2D eigenvalue weighted by Crippen LogP contribution is -2.38. The molecule has 2 amide bonds. The van der Waals surface area contributed by atoms with Crippen LogP contribution in [-0.2, 0) is 11.3 Å². The number of nitrogens with zero attached hydrogens (tertiary/aromatic N) is 1. The molecule has 0 aromatic heterocycles. The van der Waals surface area contributed by atoms with Crippen LogP contribution in [0.1, 0.15) is 44.7 Å². The van der Waals surface area contributed by atoms with Crippen molar-refractivity contribution in [1.29, 1.82) is 0 Å². The molecule has 166 valence electrons. The van der Waals surface area contributed by atoms with Crippen LogP contribution in [0.4, 0.5) is 5.69 Å². The van der Waals surface area contributed by atoms with Gasteiger partial charge in [-0.15, -0.1) is 0 Å². The molecule has 0 spiro atoms. The molecule has 0 unspecified atom stereocenters. The average Bonchev–Trinajstić information content (AvgIpc) is 3.11. The quantitative estimate of drug-likeness (QED) is 0.494. The summed E-state index contributed by atoms with van der Waals surface area (Å²) < 4.78 is 0. The molecule has 1 saturated heterocycles. The third kappa shape index (κ3) is 4.17. The number of nitrogens with two attached hydrogens (primary N) is 1. The number of ketones is 1. The van der Waals surface area contributed by atoms with E-state index in [1.165, 1.54) is 0 Å². The van der Waals surface area contributed by atoms with Gasteiger partial charge in [-0.2, -0.15) is 0 Å². The van der Waals surface area contributed by atoms with Crippen LogP contribution in [0.15, 0.2) is 66.7 Å². The number of hydrogen-bond donors (Lipinski definition) is 2. The summed E-state index contributed by atoms with van der Waals surface area (Å²) in [6.07, 6.45) is 1.57. The lowest BCUT2D eigenvalue weighted by molar-refractivity contribution is -0.123. The van der Waals surface area contributed by atoms with Crippen molar-refractivity contribution in [1.82, 2.24) is 4.90 Å². The van der Waals surface area contributed by atoms with Gasteiger partial charge < -0.3 is 11.1 Å². The van der Waals surface area contributed by atoms with Gasteiger partial charge >= 0.3 is 0 Å². The van der Waals surface area contributed by atoms with E-state index in [1.54, 1.807) is 12.1 Å². The van der Waals surface area contributed by atoms with Crippen LogP contribution in [0.2, 0.25) is 0 Å². The Balaban J connectivity index is 1.27. The smallest absolute Gasteiger partial charge is 0.255 e. The molecule has 0 bridgehead atoms. The summed E-state index contributed by atoms with van der Waals surface area (Å²) in [5.41, 5.74) is 10.7. The molecule has 1 fully saturated rings. The number of likely N-dealkylation sites (tertiary alicyclic amines) is 1. The molecule has 1 heterocycles. The van der Waals surface area contributed by atoms with E-state index >= 15 is 0 Å². The number of anilines is 1. The number of piperidine rings is 1. The second-order valence-electron chi connectivity index (χ2n) is 8.74. The van der Waals surface area contributed by atoms with E-state index < -0.39 is 0 Å². The van der Waals surface area contributed by atoms with Gasteiger partial charge in [0.1, 0.15) is 0 Å². The molecule has 0 saturated carbocycles. The summed E-state index contributed by atoms with van der Waals surface area (Å²) >= 11 is 0. The Bertz CT molecular complexity index is 1260. The van der Waals surface area contributed by atoms with Crippen LogP contribution in [0.3, 0.4) is 0 Å². The zero-order valence-electron chi connectivity index (χ0n) is 18.2.